The smallest absolute Gasteiger partial charge is 0.298 e. The minimum atomic E-state index is -3.23. The van der Waals surface area contributed by atoms with E-state index >= 15 is 0 Å². The van der Waals surface area contributed by atoms with Crippen LogP contribution in [0.15, 0.2) is 6.20 Å². The van der Waals surface area contributed by atoms with Crippen molar-refractivity contribution in [2.45, 2.75) is 6.43 Å². The molecule has 1 rings (SSSR count). The molecule has 1 aromatic rings. The third kappa shape index (κ3) is 1.83. The van der Waals surface area contributed by atoms with Crippen LogP contribution < -0.4 is 0 Å². The van der Waals surface area contributed by atoms with Gasteiger partial charge >= 0.3 is 5.69 Å². The quantitative estimate of drug-likeness (QED) is 0.443. The third-order valence-electron chi connectivity index (χ3n) is 1.76. The number of nitriles is 1. The molecule has 0 aromatic carbocycles. The summed E-state index contributed by atoms with van der Waals surface area (Å²) in [6, 6.07) is 1.32. The van der Waals surface area contributed by atoms with Crippen LogP contribution in [0.1, 0.15) is 28.0 Å². The molecule has 8 heteroatoms. The largest absolute Gasteiger partial charge is 0.315 e. The Morgan fingerprint density at radius 1 is 1.62 bits per heavy atom. The predicted octanol–water partition coefficient (Wildman–Crippen LogP) is 1.61. The Morgan fingerprint density at radius 3 is 2.62 bits per heavy atom. The number of nitrogens with zero attached hydrogens (tertiary/aromatic N) is 3. The summed E-state index contributed by atoms with van der Waals surface area (Å²) in [5.41, 5.74) is -3.54. The molecule has 1 aromatic heterocycles. The summed E-state index contributed by atoms with van der Waals surface area (Å²) in [4.78, 5) is 23.1. The molecule has 0 aliphatic heterocycles. The molecule has 0 atom stereocenters. The van der Waals surface area contributed by atoms with Gasteiger partial charge in [0.15, 0.2) is 6.29 Å². The first-order chi connectivity index (χ1) is 7.52. The van der Waals surface area contributed by atoms with E-state index in [2.05, 4.69) is 4.98 Å². The van der Waals surface area contributed by atoms with Crippen molar-refractivity contribution in [3.63, 3.8) is 0 Å². The summed E-state index contributed by atoms with van der Waals surface area (Å²) in [5.74, 6) is 0. The molecule has 0 saturated carbocycles. The Balaban J connectivity index is 3.68. The van der Waals surface area contributed by atoms with Crippen LogP contribution >= 0.6 is 0 Å². The van der Waals surface area contributed by atoms with Crippen LogP contribution in [0, 0.1) is 21.4 Å². The maximum Gasteiger partial charge on any atom is 0.315 e. The summed E-state index contributed by atoms with van der Waals surface area (Å²) < 4.78 is 25.1. The number of aromatic nitrogens is 1. The molecule has 0 N–H and O–H groups in total. The van der Waals surface area contributed by atoms with Crippen LogP contribution in [0.2, 0.25) is 0 Å². The number of nitro groups is 1. The third-order valence-corrected chi connectivity index (χ3v) is 1.76. The Kier molecular flexibility index (Phi) is 3.20. The molecule has 0 radical (unpaired) electrons. The summed E-state index contributed by atoms with van der Waals surface area (Å²) >= 11 is 0. The normalized spacial score (nSPS) is 9.88. The fraction of sp³-hybridized carbons (Fsp3) is 0.125. The SMILES string of the molecule is N#Cc1ncc(C=O)c(C(F)F)c1[N+](=O)[O-]. The van der Waals surface area contributed by atoms with Gasteiger partial charge < -0.3 is 0 Å². The monoisotopic (exact) mass is 227 g/mol. The van der Waals surface area contributed by atoms with Gasteiger partial charge in [-0.2, -0.15) is 5.26 Å². The summed E-state index contributed by atoms with van der Waals surface area (Å²) in [5, 5.41) is 19.0. The molecule has 6 nitrogen and oxygen atoms in total. The van der Waals surface area contributed by atoms with Gasteiger partial charge in [0.05, 0.1) is 4.92 Å². The van der Waals surface area contributed by atoms with Gasteiger partial charge in [-0.25, -0.2) is 13.8 Å². The molecular weight excluding hydrogens is 224 g/mol. The van der Waals surface area contributed by atoms with Gasteiger partial charge in [0.25, 0.3) is 6.43 Å². The molecule has 1 heterocycles. The first-order valence-corrected chi connectivity index (χ1v) is 3.83. The fourth-order valence-electron chi connectivity index (χ4n) is 1.12. The van der Waals surface area contributed by atoms with Crippen LogP contribution in [0.25, 0.3) is 0 Å². The van der Waals surface area contributed by atoms with Crippen molar-refractivity contribution < 1.29 is 18.5 Å². The second-order valence-corrected chi connectivity index (χ2v) is 2.61. The molecule has 16 heavy (non-hydrogen) atoms. The standard InChI is InChI=1S/C8H3F2N3O3/c9-8(10)6-4(3-14)2-12-5(1-11)7(6)13(15)16/h2-3,8H. The molecule has 0 fully saturated rings. The molecule has 0 aliphatic carbocycles. The van der Waals surface area contributed by atoms with E-state index in [9.17, 15) is 23.7 Å². The number of hydrogen-bond acceptors (Lipinski definition) is 5. The average molecular weight is 227 g/mol. The van der Waals surface area contributed by atoms with Crippen molar-refractivity contribution in [1.82, 2.24) is 4.98 Å². The van der Waals surface area contributed by atoms with Crippen LogP contribution in [0.3, 0.4) is 0 Å². The number of carbonyl (C=O) groups is 1. The highest BCUT2D eigenvalue weighted by Gasteiger charge is 2.30. The minimum Gasteiger partial charge on any atom is -0.298 e. The van der Waals surface area contributed by atoms with Gasteiger partial charge in [-0.05, 0) is 0 Å². The van der Waals surface area contributed by atoms with Crippen molar-refractivity contribution in [3.05, 3.63) is 33.1 Å². The zero-order valence-electron chi connectivity index (χ0n) is 7.55. The van der Waals surface area contributed by atoms with E-state index in [1.165, 1.54) is 6.07 Å². The lowest BCUT2D eigenvalue weighted by atomic mass is 10.1. The number of carbonyl (C=O) groups excluding carboxylic acids is 1. The summed E-state index contributed by atoms with van der Waals surface area (Å²) in [6.07, 6.45) is -2.49. The molecule has 82 valence electrons. The van der Waals surface area contributed by atoms with Crippen molar-refractivity contribution >= 4 is 12.0 Å². The van der Waals surface area contributed by atoms with Gasteiger partial charge in [-0.3, -0.25) is 14.9 Å². The zero-order chi connectivity index (χ0) is 12.3. The summed E-state index contributed by atoms with van der Waals surface area (Å²) in [6.45, 7) is 0. The van der Waals surface area contributed by atoms with E-state index in [0.717, 1.165) is 0 Å². The van der Waals surface area contributed by atoms with E-state index < -0.39 is 33.9 Å². The Labute approximate surface area is 87.3 Å². The maximum atomic E-state index is 12.6. The van der Waals surface area contributed by atoms with Crippen molar-refractivity contribution in [1.29, 1.82) is 5.26 Å². The first-order valence-electron chi connectivity index (χ1n) is 3.83. The number of aldehydes is 1. The minimum absolute atomic E-state index is 0.0304. The fourth-order valence-corrected chi connectivity index (χ4v) is 1.12. The predicted molar refractivity (Wildman–Crippen MR) is 46.0 cm³/mol. The van der Waals surface area contributed by atoms with E-state index in [1.807, 2.05) is 0 Å². The van der Waals surface area contributed by atoms with E-state index in [-0.39, 0.29) is 6.29 Å². The Bertz CT molecular complexity index is 496. The zero-order valence-corrected chi connectivity index (χ0v) is 7.55. The first kappa shape index (κ1) is 11.6. The van der Waals surface area contributed by atoms with Crippen molar-refractivity contribution in [2.75, 3.05) is 0 Å². The van der Waals surface area contributed by atoms with Crippen LogP contribution in [-0.2, 0) is 0 Å². The highest BCUT2D eigenvalue weighted by atomic mass is 19.3. The lowest BCUT2D eigenvalue weighted by Gasteiger charge is -2.04. The second kappa shape index (κ2) is 4.39. The molecule has 0 unspecified atom stereocenters. The van der Waals surface area contributed by atoms with Gasteiger partial charge in [0, 0.05) is 11.8 Å². The number of halogens is 2. The average Bonchev–Trinajstić information content (AvgIpc) is 2.26. The number of alkyl halides is 2. The van der Waals surface area contributed by atoms with Crippen LogP contribution in [0.4, 0.5) is 14.5 Å². The molecular formula is C8H3F2N3O3. The van der Waals surface area contributed by atoms with Crippen LogP contribution in [0.5, 0.6) is 0 Å². The van der Waals surface area contributed by atoms with Gasteiger partial charge in [-0.15, -0.1) is 0 Å². The van der Waals surface area contributed by atoms with E-state index in [0.29, 0.717) is 6.20 Å². The van der Waals surface area contributed by atoms with Gasteiger partial charge in [0.1, 0.15) is 11.6 Å². The summed E-state index contributed by atoms with van der Waals surface area (Å²) in [7, 11) is 0. The van der Waals surface area contributed by atoms with Crippen molar-refractivity contribution in [3.8, 4) is 6.07 Å². The second-order valence-electron chi connectivity index (χ2n) is 2.61. The molecule has 0 bridgehead atoms. The highest BCUT2D eigenvalue weighted by Crippen LogP contribution is 2.32. The van der Waals surface area contributed by atoms with Gasteiger partial charge in [-0.1, -0.05) is 0 Å². The molecule has 0 saturated heterocycles. The number of pyridine rings is 1. The molecule has 0 amide bonds. The van der Waals surface area contributed by atoms with Gasteiger partial charge in [0.2, 0.25) is 5.69 Å². The highest BCUT2D eigenvalue weighted by molar-refractivity contribution is 5.80. The topological polar surface area (TPSA) is 96.9 Å². The molecule has 0 spiro atoms. The lowest BCUT2D eigenvalue weighted by Crippen LogP contribution is -2.05. The van der Waals surface area contributed by atoms with Crippen molar-refractivity contribution in [2.24, 2.45) is 0 Å². The maximum absolute atomic E-state index is 12.6. The Hall–Kier alpha value is -2.43. The number of rotatable bonds is 3. The van der Waals surface area contributed by atoms with Crippen LogP contribution in [-0.4, -0.2) is 16.2 Å². The Morgan fingerprint density at radius 2 is 2.25 bits per heavy atom. The van der Waals surface area contributed by atoms with E-state index in [1.54, 1.807) is 0 Å². The molecule has 0 aliphatic rings. The number of hydrogen-bond donors (Lipinski definition) is 0. The lowest BCUT2D eigenvalue weighted by molar-refractivity contribution is -0.386. The van der Waals surface area contributed by atoms with E-state index in [4.69, 9.17) is 5.26 Å².